The van der Waals surface area contributed by atoms with E-state index in [-0.39, 0.29) is 0 Å². The smallest absolute Gasteiger partial charge is 0.0521 e. The van der Waals surface area contributed by atoms with Crippen molar-refractivity contribution >= 4 is 11.4 Å². The predicted octanol–water partition coefficient (Wildman–Crippen LogP) is 2.25. The number of nitrogen functional groups attached to an aromatic ring is 1. The summed E-state index contributed by atoms with van der Waals surface area (Å²) in [5.41, 5.74) is 9.26. The molecule has 1 aliphatic heterocycles. The van der Waals surface area contributed by atoms with Gasteiger partial charge in [-0.3, -0.25) is 0 Å². The van der Waals surface area contributed by atoms with E-state index >= 15 is 0 Å². The van der Waals surface area contributed by atoms with Gasteiger partial charge in [-0.05, 0) is 30.2 Å². The average molecular weight is 241 g/mol. The quantitative estimate of drug-likeness (QED) is 0.562. The predicted molar refractivity (Wildman–Crippen MR) is 76.8 cm³/mol. The summed E-state index contributed by atoms with van der Waals surface area (Å²) in [4.78, 5) is 0. The van der Waals surface area contributed by atoms with E-state index in [0.29, 0.717) is 18.0 Å². The number of nitrogens with two attached hydrogens (primary N) is 1. The molecule has 0 saturated heterocycles. The SMILES string of the molecule is C=CCNC1CC=CC2c3cc(N)ccc3NC12. The van der Waals surface area contributed by atoms with Gasteiger partial charge in [0.1, 0.15) is 0 Å². The maximum Gasteiger partial charge on any atom is 0.0521 e. The molecule has 3 atom stereocenters. The van der Waals surface area contributed by atoms with Crippen molar-refractivity contribution in [2.24, 2.45) is 0 Å². The summed E-state index contributed by atoms with van der Waals surface area (Å²) in [6.45, 7) is 4.61. The number of fused-ring (bicyclic) bond motifs is 3. The lowest BCUT2D eigenvalue weighted by Gasteiger charge is -2.31. The third-order valence-electron chi connectivity index (χ3n) is 3.84. The van der Waals surface area contributed by atoms with Crippen LogP contribution in [0.1, 0.15) is 17.9 Å². The Labute approximate surface area is 108 Å². The average Bonchev–Trinajstić information content (AvgIpc) is 2.75. The topological polar surface area (TPSA) is 50.1 Å². The molecule has 1 aromatic rings. The zero-order valence-corrected chi connectivity index (χ0v) is 10.4. The van der Waals surface area contributed by atoms with Crippen LogP contribution in [0, 0.1) is 0 Å². The van der Waals surface area contributed by atoms with Crippen molar-refractivity contribution < 1.29 is 0 Å². The fraction of sp³-hybridized carbons (Fsp3) is 0.333. The minimum Gasteiger partial charge on any atom is -0.399 e. The van der Waals surface area contributed by atoms with Crippen molar-refractivity contribution in [1.82, 2.24) is 5.32 Å². The lowest BCUT2D eigenvalue weighted by molar-refractivity contribution is 0.441. The first-order chi connectivity index (χ1) is 8.79. The molecule has 2 aliphatic rings. The molecule has 18 heavy (non-hydrogen) atoms. The summed E-state index contributed by atoms with van der Waals surface area (Å²) in [6, 6.07) is 7.01. The molecule has 3 nitrogen and oxygen atoms in total. The van der Waals surface area contributed by atoms with Gasteiger partial charge in [-0.1, -0.05) is 18.2 Å². The zero-order chi connectivity index (χ0) is 12.5. The van der Waals surface area contributed by atoms with E-state index in [1.807, 2.05) is 12.1 Å². The molecular formula is C15H19N3. The first-order valence-corrected chi connectivity index (χ1v) is 6.46. The van der Waals surface area contributed by atoms with Gasteiger partial charge in [0, 0.05) is 29.9 Å². The summed E-state index contributed by atoms with van der Waals surface area (Å²) in [5, 5.41) is 7.15. The Bertz CT molecular complexity index is 493. The number of anilines is 2. The number of hydrogen-bond acceptors (Lipinski definition) is 3. The Hall–Kier alpha value is -1.74. The standard InChI is InChI=1S/C15H19N3/c1-2-8-17-14-5-3-4-11-12-9-10(16)6-7-13(12)18-15(11)14/h2-4,6-7,9,11,14-15,17-18H,1,5,8,16H2. The lowest BCUT2D eigenvalue weighted by Crippen LogP contribution is -2.45. The second kappa shape index (κ2) is 4.50. The van der Waals surface area contributed by atoms with Crippen molar-refractivity contribution in [3.05, 3.63) is 48.6 Å². The van der Waals surface area contributed by atoms with Gasteiger partial charge in [-0.15, -0.1) is 6.58 Å². The van der Waals surface area contributed by atoms with Crippen LogP contribution in [0.15, 0.2) is 43.0 Å². The molecule has 0 saturated carbocycles. The summed E-state index contributed by atoms with van der Waals surface area (Å²) in [5.74, 6) is 0.430. The van der Waals surface area contributed by atoms with Crippen LogP contribution in [0.4, 0.5) is 11.4 Å². The van der Waals surface area contributed by atoms with Gasteiger partial charge >= 0.3 is 0 Å². The molecule has 0 amide bonds. The van der Waals surface area contributed by atoms with E-state index in [0.717, 1.165) is 18.7 Å². The molecule has 3 rings (SSSR count). The van der Waals surface area contributed by atoms with Crippen molar-refractivity contribution in [3.8, 4) is 0 Å². The molecule has 0 aromatic heterocycles. The third kappa shape index (κ3) is 1.81. The van der Waals surface area contributed by atoms with Crippen molar-refractivity contribution in [2.45, 2.75) is 24.4 Å². The Morgan fingerprint density at radius 1 is 1.50 bits per heavy atom. The number of nitrogens with one attached hydrogen (secondary N) is 2. The Morgan fingerprint density at radius 3 is 3.22 bits per heavy atom. The van der Waals surface area contributed by atoms with Crippen molar-refractivity contribution in [3.63, 3.8) is 0 Å². The van der Waals surface area contributed by atoms with Gasteiger partial charge in [0.25, 0.3) is 0 Å². The van der Waals surface area contributed by atoms with Crippen LogP contribution in [0.5, 0.6) is 0 Å². The Kier molecular flexibility index (Phi) is 2.84. The van der Waals surface area contributed by atoms with E-state index in [4.69, 9.17) is 5.73 Å². The minimum atomic E-state index is 0.423. The molecule has 3 unspecified atom stereocenters. The van der Waals surface area contributed by atoms with E-state index in [1.54, 1.807) is 0 Å². The molecule has 94 valence electrons. The summed E-state index contributed by atoms with van der Waals surface area (Å²) < 4.78 is 0. The highest BCUT2D eigenvalue weighted by Crippen LogP contribution is 2.41. The van der Waals surface area contributed by atoms with Crippen molar-refractivity contribution in [1.29, 1.82) is 0 Å². The third-order valence-corrected chi connectivity index (χ3v) is 3.84. The number of rotatable bonds is 3. The highest BCUT2D eigenvalue weighted by molar-refractivity contribution is 5.66. The maximum atomic E-state index is 5.89. The largest absolute Gasteiger partial charge is 0.399 e. The summed E-state index contributed by atoms with van der Waals surface area (Å²) in [7, 11) is 0. The van der Waals surface area contributed by atoms with Gasteiger partial charge in [0.2, 0.25) is 0 Å². The van der Waals surface area contributed by atoms with Crippen LogP contribution in [-0.4, -0.2) is 18.6 Å². The molecule has 0 radical (unpaired) electrons. The molecule has 4 N–H and O–H groups in total. The normalized spacial score (nSPS) is 28.3. The van der Waals surface area contributed by atoms with Gasteiger partial charge in [-0.25, -0.2) is 0 Å². The maximum absolute atomic E-state index is 5.89. The van der Waals surface area contributed by atoms with Crippen LogP contribution in [0.2, 0.25) is 0 Å². The Morgan fingerprint density at radius 2 is 2.39 bits per heavy atom. The molecule has 0 fully saturated rings. The Balaban J connectivity index is 1.88. The highest BCUT2D eigenvalue weighted by atomic mass is 15.1. The molecule has 1 aliphatic carbocycles. The van der Waals surface area contributed by atoms with Gasteiger partial charge in [0.15, 0.2) is 0 Å². The number of benzene rings is 1. The highest BCUT2D eigenvalue weighted by Gasteiger charge is 2.37. The fourth-order valence-electron chi connectivity index (χ4n) is 2.99. The second-order valence-corrected chi connectivity index (χ2v) is 5.01. The van der Waals surface area contributed by atoms with E-state index in [9.17, 15) is 0 Å². The summed E-state index contributed by atoms with van der Waals surface area (Å²) >= 11 is 0. The second-order valence-electron chi connectivity index (χ2n) is 5.01. The first kappa shape index (κ1) is 11.4. The minimum absolute atomic E-state index is 0.423. The van der Waals surface area contributed by atoms with E-state index < -0.39 is 0 Å². The fourth-order valence-corrected chi connectivity index (χ4v) is 2.99. The summed E-state index contributed by atoms with van der Waals surface area (Å²) in [6.07, 6.45) is 7.54. The van der Waals surface area contributed by atoms with E-state index in [1.165, 1.54) is 11.3 Å². The molecule has 0 bridgehead atoms. The van der Waals surface area contributed by atoms with Crippen LogP contribution in [0.3, 0.4) is 0 Å². The molecule has 0 spiro atoms. The van der Waals surface area contributed by atoms with Crippen LogP contribution in [0.25, 0.3) is 0 Å². The van der Waals surface area contributed by atoms with Gasteiger partial charge in [-0.2, -0.15) is 0 Å². The number of hydrogen-bond donors (Lipinski definition) is 3. The van der Waals surface area contributed by atoms with Gasteiger partial charge in [0.05, 0.1) is 6.04 Å². The van der Waals surface area contributed by atoms with Crippen LogP contribution in [-0.2, 0) is 0 Å². The molecule has 1 heterocycles. The monoisotopic (exact) mass is 241 g/mol. The first-order valence-electron chi connectivity index (χ1n) is 6.46. The molecule has 3 heteroatoms. The van der Waals surface area contributed by atoms with E-state index in [2.05, 4.69) is 41.5 Å². The molecule has 1 aromatic carbocycles. The van der Waals surface area contributed by atoms with Gasteiger partial charge < -0.3 is 16.4 Å². The molecular weight excluding hydrogens is 222 g/mol. The van der Waals surface area contributed by atoms with Crippen LogP contribution >= 0.6 is 0 Å². The van der Waals surface area contributed by atoms with Crippen molar-refractivity contribution in [2.75, 3.05) is 17.6 Å². The zero-order valence-electron chi connectivity index (χ0n) is 10.4. The lowest BCUT2D eigenvalue weighted by atomic mass is 9.84. The van der Waals surface area contributed by atoms with Crippen LogP contribution < -0.4 is 16.4 Å².